The molecule has 1 saturated heterocycles. The molecule has 2 amide bonds. The van der Waals surface area contributed by atoms with E-state index in [0.717, 1.165) is 22.0 Å². The summed E-state index contributed by atoms with van der Waals surface area (Å²) in [6.07, 6.45) is 4.09. The third-order valence-corrected chi connectivity index (χ3v) is 7.80. The Morgan fingerprint density at radius 1 is 1.40 bits per heavy atom. The minimum atomic E-state index is -0.909. The number of fused-ring (bicyclic) bond motifs is 1. The van der Waals surface area contributed by atoms with Crippen molar-refractivity contribution < 1.29 is 28.7 Å². The predicted molar refractivity (Wildman–Crippen MR) is 129 cm³/mol. The van der Waals surface area contributed by atoms with Gasteiger partial charge in [-0.2, -0.15) is 20.3 Å². The van der Waals surface area contributed by atoms with E-state index in [9.17, 15) is 14.4 Å². The molecule has 4 heterocycles. The molecule has 2 aliphatic heterocycles. The minimum Gasteiger partial charge on any atom is -0.398 e. The van der Waals surface area contributed by atoms with E-state index in [2.05, 4.69) is 24.8 Å². The van der Waals surface area contributed by atoms with E-state index >= 15 is 0 Å². The molecule has 2 aliphatic rings. The molecule has 2 aromatic rings. The first-order valence-corrected chi connectivity index (χ1v) is 12.9. The second-order valence-electron chi connectivity index (χ2n) is 7.04. The van der Waals surface area contributed by atoms with Gasteiger partial charge < -0.3 is 15.4 Å². The van der Waals surface area contributed by atoms with E-state index in [0.29, 0.717) is 17.9 Å². The second kappa shape index (κ2) is 10.9. The van der Waals surface area contributed by atoms with Crippen LogP contribution in [-0.4, -0.2) is 68.8 Å². The predicted octanol–water partition coefficient (Wildman–Crippen LogP) is -0.142. The van der Waals surface area contributed by atoms with Crippen molar-refractivity contribution in [3.63, 3.8) is 0 Å². The van der Waals surface area contributed by atoms with Crippen LogP contribution >= 0.6 is 35.1 Å². The Bertz CT molecular complexity index is 1200. The summed E-state index contributed by atoms with van der Waals surface area (Å²) in [6.45, 7) is 0. The number of β-lactam (4-membered cyclic amide) rings is 1. The highest BCUT2D eigenvalue weighted by Crippen LogP contribution is 2.41. The van der Waals surface area contributed by atoms with Crippen LogP contribution in [0.5, 0.6) is 0 Å². The van der Waals surface area contributed by atoms with Gasteiger partial charge in [0, 0.05) is 40.1 Å². The van der Waals surface area contributed by atoms with Crippen LogP contribution in [0, 0.1) is 0 Å². The fraction of sp³-hybridized carbons (Fsp3) is 0.316. The van der Waals surface area contributed by atoms with Crippen molar-refractivity contribution in [2.75, 3.05) is 36.8 Å². The molecule has 0 saturated carbocycles. The molecule has 0 bridgehead atoms. The van der Waals surface area contributed by atoms with Gasteiger partial charge in [0.2, 0.25) is 29.8 Å². The average molecular weight is 538 g/mol. The number of hydrogen-bond acceptors (Lipinski definition) is 13. The lowest BCUT2D eigenvalue weighted by molar-refractivity contribution is -0.647. The van der Waals surface area contributed by atoms with Crippen molar-refractivity contribution >= 4 is 63.7 Å². The molecule has 4 N–H and O–H groups in total. The lowest BCUT2D eigenvalue weighted by atomic mass is 10.1. The lowest BCUT2D eigenvalue weighted by Gasteiger charge is -2.44. The molecule has 0 unspecified atom stereocenters. The van der Waals surface area contributed by atoms with Gasteiger partial charge in [-0.3, -0.25) is 14.5 Å². The summed E-state index contributed by atoms with van der Waals surface area (Å²) < 4.78 is 5.71. The molecule has 0 radical (unpaired) electrons. The van der Waals surface area contributed by atoms with E-state index in [1.54, 1.807) is 23.5 Å². The normalized spacial score (nSPS) is 17.4. The zero-order valence-corrected chi connectivity index (χ0v) is 21.0. The number of carbonyl (C=O) groups is 3. The maximum absolute atomic E-state index is 13.0. The van der Waals surface area contributed by atoms with Crippen LogP contribution in [0.3, 0.4) is 0 Å². The minimum absolute atomic E-state index is 0.0753. The molecule has 4 rings (SSSR count). The van der Waals surface area contributed by atoms with Crippen molar-refractivity contribution in [3.05, 3.63) is 41.6 Å². The summed E-state index contributed by atoms with van der Waals surface area (Å²) in [7, 11) is 3.05. The van der Waals surface area contributed by atoms with Crippen LogP contribution in [0.2, 0.25) is 0 Å². The third kappa shape index (κ3) is 5.49. The molecule has 35 heavy (non-hydrogen) atoms. The summed E-state index contributed by atoms with van der Waals surface area (Å²) in [5, 5.41) is 3.58. The molecule has 1 fully saturated rings. The molecule has 1 atom stereocenters. The van der Waals surface area contributed by atoms with Crippen LogP contribution < -0.4 is 21.3 Å². The molecule has 0 aliphatic carbocycles. The smallest absolute Gasteiger partial charge is 0.379 e. The molecule has 2 aromatic heterocycles. The Balaban J connectivity index is 1.48. The number of hydroxylamine groups is 1. The van der Waals surface area contributed by atoms with Crippen molar-refractivity contribution in [2.45, 2.75) is 16.7 Å². The zero-order chi connectivity index (χ0) is 24.9. The number of nitrogen functional groups attached to an aromatic ring is 1. The lowest BCUT2D eigenvalue weighted by Crippen LogP contribution is -2.54. The number of carbonyl (C=O) groups excluding carboxylic acids is 3. The summed E-state index contributed by atoms with van der Waals surface area (Å²) >= 11 is 3.98. The van der Waals surface area contributed by atoms with Gasteiger partial charge >= 0.3 is 11.9 Å². The number of hydrogen-bond donors (Lipinski definition) is 3. The molecule has 0 aromatic carbocycles. The van der Waals surface area contributed by atoms with E-state index < -0.39 is 11.9 Å². The summed E-state index contributed by atoms with van der Waals surface area (Å²) in [4.78, 5) is 53.9. The van der Waals surface area contributed by atoms with E-state index in [-0.39, 0.29) is 33.6 Å². The first-order chi connectivity index (χ1) is 16.9. The summed E-state index contributed by atoms with van der Waals surface area (Å²) in [5.74, 6) is -0.995. The topological polar surface area (TPSA) is 165 Å². The van der Waals surface area contributed by atoms with Gasteiger partial charge in [0.25, 0.3) is 0 Å². The maximum atomic E-state index is 13.0. The first-order valence-electron chi connectivity index (χ1n) is 10.1. The highest BCUT2D eigenvalue weighted by atomic mass is 32.2. The van der Waals surface area contributed by atoms with Gasteiger partial charge in [0.05, 0.1) is 18.8 Å². The number of thioether (sulfide) groups is 2. The number of pyridine rings is 1. The van der Waals surface area contributed by atoms with Gasteiger partial charge in [-0.05, 0) is 5.57 Å². The summed E-state index contributed by atoms with van der Waals surface area (Å²) in [6, 6.07) is 3.87. The van der Waals surface area contributed by atoms with Crippen molar-refractivity contribution in [1.82, 2.24) is 19.7 Å². The molecule has 0 spiro atoms. The van der Waals surface area contributed by atoms with Gasteiger partial charge in [0.15, 0.2) is 5.13 Å². The van der Waals surface area contributed by atoms with Gasteiger partial charge in [-0.1, -0.05) is 9.83 Å². The first kappa shape index (κ1) is 24.7. The van der Waals surface area contributed by atoms with Gasteiger partial charge in [-0.25, -0.2) is 4.79 Å². The van der Waals surface area contributed by atoms with Crippen molar-refractivity contribution in [1.29, 1.82) is 0 Å². The van der Waals surface area contributed by atoms with Crippen molar-refractivity contribution in [2.24, 2.45) is 5.16 Å². The Hall–Kier alpha value is -3.37. The fourth-order valence-corrected chi connectivity index (χ4v) is 5.92. The van der Waals surface area contributed by atoms with Gasteiger partial charge in [0.1, 0.15) is 12.8 Å². The van der Waals surface area contributed by atoms with Crippen LogP contribution in [0.15, 0.2) is 45.8 Å². The Kier molecular flexibility index (Phi) is 7.72. The summed E-state index contributed by atoms with van der Waals surface area (Å²) in [5.41, 5.74) is 11.1. The van der Waals surface area contributed by atoms with Gasteiger partial charge in [-0.15, -0.1) is 23.5 Å². The monoisotopic (exact) mass is 537 g/mol. The maximum Gasteiger partial charge on any atom is 0.379 e. The average Bonchev–Trinajstić information content (AvgIpc) is 3.29. The molecular formula is C19H21N8O5S3+. The highest BCUT2D eigenvalue weighted by molar-refractivity contribution is 8.01. The Morgan fingerprint density at radius 2 is 2.17 bits per heavy atom. The highest BCUT2D eigenvalue weighted by Gasteiger charge is 2.46. The van der Waals surface area contributed by atoms with Crippen molar-refractivity contribution in [3.8, 4) is 0 Å². The SMILES string of the molecule is CN[n+]1ccc(SCC2=C(C(=O)ONC(=O)/C(=N\OC)c3nsc(N)n3)N3C(=O)C[C@@H]3SC2)cc1. The standard InChI is InChI=1S/C19H20N8O5S3/c1-21-26-5-3-11(4-6-26)33-8-10-9-34-13-7-12(28)27(13)15(10)18(30)32-24-17(29)14(23-31-2)16-22-19(20)35-25-16/h3-6,13,21H,7-9H2,1-2H3,(H2-,20,22,24,25,29)/p+1/b23-14-/t13-/m0/s1. The number of aromatic nitrogens is 3. The third-order valence-electron chi connectivity index (χ3n) is 4.88. The second-order valence-corrected chi connectivity index (χ2v) is 10.0. The van der Waals surface area contributed by atoms with E-state index in [4.69, 9.17) is 10.6 Å². The molecule has 13 nitrogen and oxygen atoms in total. The quantitative estimate of drug-likeness (QED) is 0.135. The van der Waals surface area contributed by atoms with E-state index in [1.165, 1.54) is 23.8 Å². The number of nitrogens with one attached hydrogen (secondary N) is 2. The van der Waals surface area contributed by atoms with Crippen LogP contribution in [0.4, 0.5) is 5.13 Å². The van der Waals surface area contributed by atoms with Crippen LogP contribution in [0.1, 0.15) is 12.2 Å². The Labute approximate surface area is 212 Å². The van der Waals surface area contributed by atoms with E-state index in [1.807, 2.05) is 30.0 Å². The molecule has 16 heteroatoms. The fourth-order valence-electron chi connectivity index (χ4n) is 3.20. The van der Waals surface area contributed by atoms with Crippen LogP contribution in [-0.2, 0) is 24.1 Å². The number of amides is 2. The largest absolute Gasteiger partial charge is 0.398 e. The number of oxime groups is 1. The number of anilines is 1. The Morgan fingerprint density at radius 3 is 2.80 bits per heavy atom. The molecule has 184 valence electrons. The number of nitrogens with zero attached hydrogens (tertiary/aromatic N) is 5. The zero-order valence-electron chi connectivity index (χ0n) is 18.6. The molecular weight excluding hydrogens is 516 g/mol. The number of nitrogens with two attached hydrogens (primary N) is 1. The van der Waals surface area contributed by atoms with Crippen LogP contribution in [0.25, 0.3) is 0 Å². The number of rotatable bonds is 8.